The van der Waals surface area contributed by atoms with Gasteiger partial charge in [0.25, 0.3) is 11.2 Å². The zero-order chi connectivity index (χ0) is 19.6. The quantitative estimate of drug-likeness (QED) is 0.400. The second kappa shape index (κ2) is 7.20. The van der Waals surface area contributed by atoms with Gasteiger partial charge in [0, 0.05) is 18.2 Å². The molecule has 0 bridgehead atoms. The number of esters is 1. The van der Waals surface area contributed by atoms with E-state index >= 15 is 0 Å². The highest BCUT2D eigenvalue weighted by Crippen LogP contribution is 2.28. The van der Waals surface area contributed by atoms with Crippen LogP contribution in [0.3, 0.4) is 0 Å². The van der Waals surface area contributed by atoms with Gasteiger partial charge in [0.1, 0.15) is 11.5 Å². The third-order valence-electron chi connectivity index (χ3n) is 3.89. The van der Waals surface area contributed by atoms with Gasteiger partial charge >= 0.3 is 5.97 Å². The van der Waals surface area contributed by atoms with E-state index in [4.69, 9.17) is 0 Å². The number of halogens is 1. The molecule has 0 aliphatic carbocycles. The summed E-state index contributed by atoms with van der Waals surface area (Å²) in [5.74, 6) is -1.22. The fourth-order valence-electron chi connectivity index (χ4n) is 2.54. The molecule has 2 aromatic carbocycles. The molecule has 1 heterocycles. The third kappa shape index (κ3) is 3.59. The Morgan fingerprint density at radius 3 is 2.85 bits per heavy atom. The zero-order valence-electron chi connectivity index (χ0n) is 14.0. The van der Waals surface area contributed by atoms with Crippen LogP contribution in [0.5, 0.6) is 0 Å². The highest BCUT2D eigenvalue weighted by Gasteiger charge is 2.18. The van der Waals surface area contributed by atoms with E-state index in [9.17, 15) is 24.1 Å². The maximum atomic E-state index is 14.0. The number of nitrogens with zero attached hydrogens (tertiary/aromatic N) is 2. The van der Waals surface area contributed by atoms with Gasteiger partial charge in [-0.15, -0.1) is 0 Å². The second-order valence-electron chi connectivity index (χ2n) is 5.53. The first-order valence-corrected chi connectivity index (χ1v) is 7.67. The molecule has 0 aliphatic rings. The first-order valence-electron chi connectivity index (χ1n) is 7.67. The van der Waals surface area contributed by atoms with E-state index in [0.29, 0.717) is 0 Å². The van der Waals surface area contributed by atoms with E-state index in [1.165, 1.54) is 31.6 Å². The number of anilines is 1. The molecule has 0 aliphatic heterocycles. The van der Waals surface area contributed by atoms with Gasteiger partial charge in [0.05, 0.1) is 34.8 Å². The fourth-order valence-corrected chi connectivity index (χ4v) is 2.54. The molecule has 3 rings (SSSR count). The Labute approximate surface area is 151 Å². The molecular formula is C17H13FN4O5. The van der Waals surface area contributed by atoms with Crippen molar-refractivity contribution < 1.29 is 18.8 Å². The van der Waals surface area contributed by atoms with E-state index < -0.39 is 22.3 Å². The molecule has 2 N–H and O–H groups in total. The number of fused-ring (bicyclic) bond motifs is 1. The summed E-state index contributed by atoms with van der Waals surface area (Å²) in [5.41, 5.74) is -0.288. The van der Waals surface area contributed by atoms with Gasteiger partial charge < -0.3 is 15.0 Å². The Bertz CT molecular complexity index is 1110. The number of methoxy groups -OCH3 is 1. The summed E-state index contributed by atoms with van der Waals surface area (Å²) in [6, 6.07) is 6.12. The van der Waals surface area contributed by atoms with Crippen molar-refractivity contribution in [2.45, 2.75) is 6.54 Å². The number of hydrogen-bond acceptors (Lipinski definition) is 7. The van der Waals surface area contributed by atoms with Crippen molar-refractivity contribution in [3.8, 4) is 0 Å². The molecule has 3 aromatic rings. The Balaban J connectivity index is 1.97. The fraction of sp³-hybridized carbons (Fsp3) is 0.118. The lowest BCUT2D eigenvalue weighted by Gasteiger charge is -2.10. The van der Waals surface area contributed by atoms with E-state index in [0.717, 1.165) is 12.1 Å². The molecule has 0 spiro atoms. The Hall–Kier alpha value is -3.82. The van der Waals surface area contributed by atoms with Gasteiger partial charge in [-0.3, -0.25) is 14.9 Å². The van der Waals surface area contributed by atoms with Gasteiger partial charge in [0.15, 0.2) is 0 Å². The zero-order valence-corrected chi connectivity index (χ0v) is 14.0. The molecule has 0 unspecified atom stereocenters. The van der Waals surface area contributed by atoms with E-state index in [1.807, 2.05) is 0 Å². The van der Waals surface area contributed by atoms with Gasteiger partial charge in [-0.2, -0.15) is 0 Å². The summed E-state index contributed by atoms with van der Waals surface area (Å²) >= 11 is 0. The number of hydrogen-bond donors (Lipinski definition) is 2. The van der Waals surface area contributed by atoms with Crippen molar-refractivity contribution in [1.82, 2.24) is 9.97 Å². The normalized spacial score (nSPS) is 10.6. The topological polar surface area (TPSA) is 127 Å². The molecule has 138 valence electrons. The summed E-state index contributed by atoms with van der Waals surface area (Å²) in [6.07, 6.45) is 1.18. The van der Waals surface area contributed by atoms with E-state index in [2.05, 4.69) is 20.0 Å². The lowest BCUT2D eigenvalue weighted by Crippen LogP contribution is -2.10. The monoisotopic (exact) mass is 372 g/mol. The predicted octanol–water partition coefficient (Wildman–Crippen LogP) is 2.37. The highest BCUT2D eigenvalue weighted by atomic mass is 19.1. The minimum absolute atomic E-state index is 0.0634. The van der Waals surface area contributed by atoms with Gasteiger partial charge in [-0.05, 0) is 24.3 Å². The summed E-state index contributed by atoms with van der Waals surface area (Å²) in [5, 5.41) is 14.2. The van der Waals surface area contributed by atoms with Gasteiger partial charge in [-0.1, -0.05) is 0 Å². The first-order chi connectivity index (χ1) is 12.9. The molecular weight excluding hydrogens is 359 g/mol. The van der Waals surface area contributed by atoms with Crippen LogP contribution < -0.4 is 10.9 Å². The molecule has 0 amide bonds. The Kier molecular flexibility index (Phi) is 4.79. The average Bonchev–Trinajstić information content (AvgIpc) is 2.66. The van der Waals surface area contributed by atoms with Crippen molar-refractivity contribution in [2.75, 3.05) is 12.4 Å². The van der Waals surface area contributed by atoms with Crippen LogP contribution >= 0.6 is 0 Å². The molecule has 9 nitrogen and oxygen atoms in total. The maximum absolute atomic E-state index is 14.0. The standard InChI is InChI=1S/C17H13FN4O5/c1-27-17(24)9-2-3-12(18)10(4-9)7-19-14-6-13-11(5-15(14)22(25)26)16(23)21-8-20-13/h2-6,8,19H,7H2,1H3,(H,20,21,23). The van der Waals surface area contributed by atoms with Crippen LogP contribution in [0.1, 0.15) is 15.9 Å². The van der Waals surface area contributed by atoms with Crippen LogP contribution in [-0.2, 0) is 11.3 Å². The summed E-state index contributed by atoms with van der Waals surface area (Å²) in [6.45, 7) is -0.133. The largest absolute Gasteiger partial charge is 0.465 e. The molecule has 10 heteroatoms. The maximum Gasteiger partial charge on any atom is 0.337 e. The lowest BCUT2D eigenvalue weighted by molar-refractivity contribution is -0.383. The predicted molar refractivity (Wildman–Crippen MR) is 94.1 cm³/mol. The minimum Gasteiger partial charge on any atom is -0.465 e. The van der Waals surface area contributed by atoms with E-state index in [1.54, 1.807) is 0 Å². The van der Waals surface area contributed by atoms with Gasteiger partial charge in [-0.25, -0.2) is 14.2 Å². The molecule has 27 heavy (non-hydrogen) atoms. The van der Waals surface area contributed by atoms with Crippen LogP contribution in [0.2, 0.25) is 0 Å². The van der Waals surface area contributed by atoms with Crippen molar-refractivity contribution >= 4 is 28.2 Å². The number of aromatic nitrogens is 2. The third-order valence-corrected chi connectivity index (χ3v) is 3.89. The summed E-state index contributed by atoms with van der Waals surface area (Å²) in [4.78, 5) is 40.4. The number of aromatic amines is 1. The number of carbonyl (C=O) groups is 1. The van der Waals surface area contributed by atoms with Crippen LogP contribution in [0.25, 0.3) is 10.9 Å². The van der Waals surface area contributed by atoms with Crippen LogP contribution in [0.4, 0.5) is 15.8 Å². The second-order valence-corrected chi connectivity index (χ2v) is 5.53. The van der Waals surface area contributed by atoms with Crippen LogP contribution in [-0.4, -0.2) is 28.0 Å². The smallest absolute Gasteiger partial charge is 0.337 e. The van der Waals surface area contributed by atoms with Gasteiger partial charge in [0.2, 0.25) is 0 Å². The number of nitro groups is 1. The minimum atomic E-state index is -0.657. The number of nitrogens with one attached hydrogen (secondary N) is 2. The van der Waals surface area contributed by atoms with Crippen molar-refractivity contribution in [1.29, 1.82) is 0 Å². The first kappa shape index (κ1) is 18.0. The summed E-state index contributed by atoms with van der Waals surface area (Å²) in [7, 11) is 1.21. The summed E-state index contributed by atoms with van der Waals surface area (Å²) < 4.78 is 18.6. The van der Waals surface area contributed by atoms with Crippen molar-refractivity contribution in [3.63, 3.8) is 0 Å². The molecule has 0 atom stereocenters. The molecule has 0 fully saturated rings. The van der Waals surface area contributed by atoms with E-state index in [-0.39, 0.29) is 39.9 Å². The Morgan fingerprint density at radius 2 is 2.15 bits per heavy atom. The highest BCUT2D eigenvalue weighted by molar-refractivity contribution is 5.89. The molecule has 0 saturated carbocycles. The number of nitro benzene ring substituents is 1. The average molecular weight is 372 g/mol. The van der Waals surface area contributed by atoms with Crippen LogP contribution in [0, 0.1) is 15.9 Å². The number of carbonyl (C=O) groups excluding carboxylic acids is 1. The van der Waals surface area contributed by atoms with Crippen molar-refractivity contribution in [2.24, 2.45) is 0 Å². The number of benzene rings is 2. The SMILES string of the molecule is COC(=O)c1ccc(F)c(CNc2cc3nc[nH]c(=O)c3cc2[N+](=O)[O-])c1. The number of H-pyrrole nitrogens is 1. The Morgan fingerprint density at radius 1 is 1.37 bits per heavy atom. The lowest BCUT2D eigenvalue weighted by atomic mass is 10.1. The number of ether oxygens (including phenoxy) is 1. The molecule has 0 radical (unpaired) electrons. The molecule has 0 saturated heterocycles. The molecule has 1 aromatic heterocycles. The van der Waals surface area contributed by atoms with Crippen LogP contribution in [0.15, 0.2) is 41.5 Å². The van der Waals surface area contributed by atoms with Crippen molar-refractivity contribution in [3.05, 3.63) is 74.1 Å². The number of rotatable bonds is 5.